The highest BCUT2D eigenvalue weighted by Crippen LogP contribution is 2.21. The predicted molar refractivity (Wildman–Crippen MR) is 152 cm³/mol. The van der Waals surface area contributed by atoms with Gasteiger partial charge in [-0.05, 0) is 61.6 Å². The van der Waals surface area contributed by atoms with E-state index in [0.29, 0.717) is 19.4 Å². The normalized spacial score (nSPS) is 14.4. The van der Waals surface area contributed by atoms with Crippen LogP contribution < -0.4 is 10.1 Å². The van der Waals surface area contributed by atoms with Crippen molar-refractivity contribution in [2.24, 2.45) is 0 Å². The molecule has 1 N–H and O–H groups in total. The summed E-state index contributed by atoms with van der Waals surface area (Å²) in [6.45, 7) is 2.65. The number of amides is 2. The van der Waals surface area contributed by atoms with Crippen LogP contribution in [0.4, 0.5) is 4.39 Å². The Morgan fingerprint density at radius 1 is 0.923 bits per heavy atom. The molecule has 5 nitrogen and oxygen atoms in total. The van der Waals surface area contributed by atoms with E-state index in [2.05, 4.69) is 5.32 Å². The molecule has 206 valence electrons. The minimum absolute atomic E-state index is 0.119. The molecule has 1 saturated carbocycles. The van der Waals surface area contributed by atoms with Crippen molar-refractivity contribution in [2.45, 2.75) is 76.9 Å². The first-order valence-electron chi connectivity index (χ1n) is 14.1. The molecule has 0 heterocycles. The Bertz CT molecular complexity index is 1180. The molecular formula is C33H39FN2O3. The summed E-state index contributed by atoms with van der Waals surface area (Å²) in [5.41, 5.74) is 2.93. The zero-order valence-corrected chi connectivity index (χ0v) is 22.8. The number of hydrogen-bond donors (Lipinski definition) is 1. The van der Waals surface area contributed by atoms with Gasteiger partial charge in [-0.2, -0.15) is 0 Å². The van der Waals surface area contributed by atoms with Gasteiger partial charge in [0.1, 0.15) is 17.6 Å². The molecule has 0 saturated heterocycles. The maximum absolute atomic E-state index is 13.8. The van der Waals surface area contributed by atoms with Crippen LogP contribution in [0, 0.1) is 12.7 Å². The van der Waals surface area contributed by atoms with E-state index in [1.165, 1.54) is 18.6 Å². The molecule has 4 rings (SSSR count). The fourth-order valence-electron chi connectivity index (χ4n) is 5.08. The second kappa shape index (κ2) is 14.5. The summed E-state index contributed by atoms with van der Waals surface area (Å²) >= 11 is 0. The lowest BCUT2D eigenvalue weighted by molar-refractivity contribution is -0.141. The minimum Gasteiger partial charge on any atom is -0.494 e. The van der Waals surface area contributed by atoms with Gasteiger partial charge in [-0.25, -0.2) is 4.39 Å². The summed E-state index contributed by atoms with van der Waals surface area (Å²) < 4.78 is 19.5. The largest absolute Gasteiger partial charge is 0.494 e. The van der Waals surface area contributed by atoms with Crippen molar-refractivity contribution in [1.82, 2.24) is 10.2 Å². The molecule has 1 unspecified atom stereocenters. The van der Waals surface area contributed by atoms with Gasteiger partial charge in [0, 0.05) is 25.4 Å². The summed E-state index contributed by atoms with van der Waals surface area (Å²) in [6.07, 6.45) is 6.51. The molecule has 1 fully saturated rings. The Morgan fingerprint density at radius 3 is 2.31 bits per heavy atom. The third-order valence-electron chi connectivity index (χ3n) is 7.31. The van der Waals surface area contributed by atoms with Gasteiger partial charge in [-0.1, -0.05) is 79.4 Å². The van der Waals surface area contributed by atoms with Crippen molar-refractivity contribution in [2.75, 3.05) is 6.61 Å². The van der Waals surface area contributed by atoms with Gasteiger partial charge >= 0.3 is 0 Å². The van der Waals surface area contributed by atoms with Crippen LogP contribution in [-0.4, -0.2) is 35.4 Å². The van der Waals surface area contributed by atoms with Crippen LogP contribution in [0.3, 0.4) is 0 Å². The number of rotatable bonds is 12. The van der Waals surface area contributed by atoms with E-state index >= 15 is 0 Å². The number of benzene rings is 3. The van der Waals surface area contributed by atoms with E-state index in [9.17, 15) is 14.0 Å². The second-order valence-electron chi connectivity index (χ2n) is 10.5. The number of carbonyl (C=O) groups excluding carboxylic acids is 2. The van der Waals surface area contributed by atoms with E-state index in [4.69, 9.17) is 4.74 Å². The maximum atomic E-state index is 13.8. The number of aryl methyl sites for hydroxylation is 1. The number of nitrogens with one attached hydrogen (secondary N) is 1. The average molecular weight is 531 g/mol. The molecule has 0 spiro atoms. The second-order valence-corrected chi connectivity index (χ2v) is 10.5. The first kappa shape index (κ1) is 28.3. The van der Waals surface area contributed by atoms with Crippen molar-refractivity contribution in [3.8, 4) is 5.75 Å². The third kappa shape index (κ3) is 8.95. The summed E-state index contributed by atoms with van der Waals surface area (Å²) in [5.74, 6) is 0.189. The summed E-state index contributed by atoms with van der Waals surface area (Å²) in [6, 6.07) is 23.2. The van der Waals surface area contributed by atoms with Crippen molar-refractivity contribution in [3.63, 3.8) is 0 Å². The summed E-state index contributed by atoms with van der Waals surface area (Å²) in [7, 11) is 0. The molecule has 3 aromatic carbocycles. The lowest BCUT2D eigenvalue weighted by Crippen LogP contribution is -2.52. The fourth-order valence-corrected chi connectivity index (χ4v) is 5.08. The van der Waals surface area contributed by atoms with E-state index in [0.717, 1.165) is 48.1 Å². The van der Waals surface area contributed by atoms with Gasteiger partial charge in [-0.3, -0.25) is 9.59 Å². The Kier molecular flexibility index (Phi) is 10.5. The Labute approximate surface area is 231 Å². The molecule has 0 aromatic heterocycles. The topological polar surface area (TPSA) is 58.6 Å². The van der Waals surface area contributed by atoms with Crippen LogP contribution in [-0.2, 0) is 22.6 Å². The van der Waals surface area contributed by atoms with Crippen LogP contribution in [0.15, 0.2) is 78.9 Å². The van der Waals surface area contributed by atoms with E-state index in [1.807, 2.05) is 61.5 Å². The monoisotopic (exact) mass is 530 g/mol. The van der Waals surface area contributed by atoms with Crippen LogP contribution in [0.5, 0.6) is 5.75 Å². The standard InChI is InChI=1S/C33H39FN2O3/c1-25-14-20-30(21-15-25)39-22-8-13-32(37)36(24-27-16-18-28(34)19-17-27)31(23-26-9-4-2-5-10-26)33(38)35-29-11-6-3-7-12-29/h2,4-5,9-10,14-21,29,31H,3,6-8,11-13,22-24H2,1H3,(H,35,38). The molecule has 1 aliphatic carbocycles. The number of nitrogens with zero attached hydrogens (tertiary/aromatic N) is 1. The highest BCUT2D eigenvalue weighted by Gasteiger charge is 2.31. The molecule has 3 aromatic rings. The zero-order chi connectivity index (χ0) is 27.5. The molecule has 0 radical (unpaired) electrons. The highest BCUT2D eigenvalue weighted by atomic mass is 19.1. The quantitative estimate of drug-likeness (QED) is 0.276. The lowest BCUT2D eigenvalue weighted by Gasteiger charge is -2.33. The third-order valence-corrected chi connectivity index (χ3v) is 7.31. The maximum Gasteiger partial charge on any atom is 0.243 e. The molecule has 6 heteroatoms. The van der Waals surface area contributed by atoms with E-state index < -0.39 is 6.04 Å². The molecule has 1 atom stereocenters. The molecule has 1 aliphatic rings. The van der Waals surface area contributed by atoms with Crippen LogP contribution >= 0.6 is 0 Å². The summed E-state index contributed by atoms with van der Waals surface area (Å²) in [4.78, 5) is 29.1. The number of carbonyl (C=O) groups is 2. The summed E-state index contributed by atoms with van der Waals surface area (Å²) in [5, 5.41) is 3.25. The minimum atomic E-state index is -0.676. The lowest BCUT2D eigenvalue weighted by atomic mass is 9.94. The Balaban J connectivity index is 1.51. The molecular weight excluding hydrogens is 491 g/mol. The van der Waals surface area contributed by atoms with Crippen LogP contribution in [0.1, 0.15) is 61.6 Å². The van der Waals surface area contributed by atoms with E-state index in [1.54, 1.807) is 17.0 Å². The Morgan fingerprint density at radius 2 is 1.62 bits per heavy atom. The van der Waals surface area contributed by atoms with Crippen molar-refractivity contribution >= 4 is 11.8 Å². The van der Waals surface area contributed by atoms with Gasteiger partial charge in [0.15, 0.2) is 0 Å². The van der Waals surface area contributed by atoms with Crippen molar-refractivity contribution in [3.05, 3.63) is 101 Å². The van der Waals surface area contributed by atoms with Crippen LogP contribution in [0.2, 0.25) is 0 Å². The van der Waals surface area contributed by atoms with E-state index in [-0.39, 0.29) is 36.6 Å². The van der Waals surface area contributed by atoms with Gasteiger partial charge in [0.25, 0.3) is 0 Å². The Hall–Kier alpha value is -3.67. The highest BCUT2D eigenvalue weighted by molar-refractivity contribution is 5.88. The smallest absolute Gasteiger partial charge is 0.243 e. The number of ether oxygens (including phenoxy) is 1. The SMILES string of the molecule is Cc1ccc(OCCCC(=O)N(Cc2ccc(F)cc2)C(Cc2ccccc2)C(=O)NC2CCCCC2)cc1. The number of halogens is 1. The zero-order valence-electron chi connectivity index (χ0n) is 22.8. The van der Waals surface area contributed by atoms with Crippen LogP contribution in [0.25, 0.3) is 0 Å². The van der Waals surface area contributed by atoms with Gasteiger partial charge < -0.3 is 15.0 Å². The predicted octanol–water partition coefficient (Wildman–Crippen LogP) is 6.38. The fraction of sp³-hybridized carbons (Fsp3) is 0.394. The van der Waals surface area contributed by atoms with Crippen molar-refractivity contribution < 1.29 is 18.7 Å². The number of hydrogen-bond acceptors (Lipinski definition) is 3. The van der Waals surface area contributed by atoms with Crippen molar-refractivity contribution in [1.29, 1.82) is 0 Å². The molecule has 39 heavy (non-hydrogen) atoms. The molecule has 2 amide bonds. The molecule has 0 aliphatic heterocycles. The molecule has 0 bridgehead atoms. The van der Waals surface area contributed by atoms with Gasteiger partial charge in [0.05, 0.1) is 6.61 Å². The first-order valence-corrected chi connectivity index (χ1v) is 14.1. The average Bonchev–Trinajstić information content (AvgIpc) is 2.96. The van der Waals surface area contributed by atoms with Gasteiger partial charge in [0.2, 0.25) is 11.8 Å². The first-order chi connectivity index (χ1) is 19.0. The van der Waals surface area contributed by atoms with Gasteiger partial charge in [-0.15, -0.1) is 0 Å².